The quantitative estimate of drug-likeness (QED) is 0.180. The zero-order valence-corrected chi connectivity index (χ0v) is 29.8. The van der Waals surface area contributed by atoms with E-state index < -0.39 is 6.98 Å². The van der Waals surface area contributed by atoms with Gasteiger partial charge in [0.15, 0.2) is 0 Å². The minimum atomic E-state index is -2.28. The van der Waals surface area contributed by atoms with Crippen molar-refractivity contribution in [1.82, 2.24) is 14.1 Å². The van der Waals surface area contributed by atoms with Crippen LogP contribution in [0, 0.1) is 0 Å². The molecule has 0 saturated carbocycles. The van der Waals surface area contributed by atoms with E-state index in [2.05, 4.69) is 138 Å². The number of nitrogens with zero attached hydrogens (tertiary/aromatic N) is 5. The lowest BCUT2D eigenvalue weighted by molar-refractivity contribution is 0.479. The lowest BCUT2D eigenvalue weighted by Crippen LogP contribution is -2.24. The average Bonchev–Trinajstić information content (AvgIpc) is 3.86. The van der Waals surface area contributed by atoms with Gasteiger partial charge < -0.3 is 19.1 Å². The third kappa shape index (κ3) is 5.05. The largest absolute Gasteiger partial charge is 0.457 e. The number of hydrogen-bond donors (Lipinski definition) is 0. The summed E-state index contributed by atoms with van der Waals surface area (Å²) in [6.45, 7) is 4.45. The zero-order chi connectivity index (χ0) is 38.3. The van der Waals surface area contributed by atoms with Crippen molar-refractivity contribution in [3.8, 4) is 23.0 Å². The highest BCUT2D eigenvalue weighted by Gasteiger charge is 2.26. The fourth-order valence-electron chi connectivity index (χ4n) is 7.89. The van der Waals surface area contributed by atoms with Crippen LogP contribution < -0.4 is 14.5 Å². The Morgan fingerprint density at radius 2 is 1.23 bits per heavy atom. The van der Waals surface area contributed by atoms with Crippen molar-refractivity contribution >= 4 is 60.7 Å². The molecule has 1 aliphatic rings. The number of rotatable bonds is 5. The normalized spacial score (nSPS) is 14.2. The summed E-state index contributed by atoms with van der Waals surface area (Å²) in [7, 11) is 0. The van der Waals surface area contributed by atoms with E-state index in [9.17, 15) is 0 Å². The Morgan fingerprint density at radius 1 is 0.566 bits per heavy atom. The zero-order valence-electron chi connectivity index (χ0n) is 32.8. The number of fused-ring (bicyclic) bond motifs is 7. The summed E-state index contributed by atoms with van der Waals surface area (Å²) in [5, 5.41) is 4.47. The van der Waals surface area contributed by atoms with E-state index in [4.69, 9.17) is 13.8 Å². The molecule has 6 aromatic carbocycles. The van der Waals surface area contributed by atoms with Gasteiger partial charge in [-0.3, -0.25) is 4.57 Å². The van der Waals surface area contributed by atoms with Crippen LogP contribution in [0.15, 0.2) is 152 Å². The monoisotopic (exact) mass is 692 g/mol. The Bertz CT molecular complexity index is 2980. The molecule has 9 aromatic rings. The van der Waals surface area contributed by atoms with Crippen molar-refractivity contribution in [2.45, 2.75) is 26.2 Å². The van der Waals surface area contributed by atoms with Gasteiger partial charge in [0.1, 0.15) is 17.3 Å². The molecule has 258 valence electrons. The molecule has 10 rings (SSSR count). The molecule has 0 radical (unpaired) electrons. The summed E-state index contributed by atoms with van der Waals surface area (Å²) in [4.78, 5) is 8.65. The first kappa shape index (κ1) is 28.1. The molecule has 3 aromatic heterocycles. The van der Waals surface area contributed by atoms with Gasteiger partial charge in [0, 0.05) is 68.4 Å². The van der Waals surface area contributed by atoms with Crippen LogP contribution in [0.3, 0.4) is 0 Å². The van der Waals surface area contributed by atoms with Crippen LogP contribution in [0.4, 0.5) is 17.1 Å². The van der Waals surface area contributed by atoms with Crippen LogP contribution in [-0.4, -0.2) is 27.8 Å². The van der Waals surface area contributed by atoms with Gasteiger partial charge in [0.25, 0.3) is 0 Å². The fraction of sp³-hybridized carbons (Fsp3) is 0.128. The second-order valence-electron chi connectivity index (χ2n) is 14.8. The van der Waals surface area contributed by atoms with E-state index in [1.807, 2.05) is 48.7 Å². The first-order chi connectivity index (χ1) is 27.0. The number of para-hydroxylation sites is 5. The SMILES string of the molecule is [2H]C([2H])([2H])N1CN(c2cc(Oc3ccc4c5ccccc5n(-c5cc6c(cn5)c5ccccc5n6-c5ccccc5)c4c3)cc(C(C)(C)C)c2)c2ccccc21. The number of pyridine rings is 1. The summed E-state index contributed by atoms with van der Waals surface area (Å²) in [6.07, 6.45) is 2.00. The Balaban J connectivity index is 1.11. The topological polar surface area (TPSA) is 38.5 Å². The lowest BCUT2D eigenvalue weighted by Gasteiger charge is -2.25. The van der Waals surface area contributed by atoms with Gasteiger partial charge in [-0.25, -0.2) is 4.98 Å². The van der Waals surface area contributed by atoms with Gasteiger partial charge in [-0.15, -0.1) is 0 Å². The standard InChI is InChI=1S/C47H39N5O/c1-47(2,3)31-24-33(50-30-49(4)42-20-12-13-21-43(42)50)26-35(25-31)53-34-22-23-38-36-16-8-11-19-41(36)52(44(38)27-34)46-28-45-39(29-48-46)37-17-9-10-18-40(37)51(45)32-14-6-5-7-15-32/h5-29H,30H2,1-4H3/i4D3. The predicted octanol–water partition coefficient (Wildman–Crippen LogP) is 11.9. The summed E-state index contributed by atoms with van der Waals surface area (Å²) in [5.74, 6) is 2.17. The van der Waals surface area contributed by atoms with E-state index in [0.29, 0.717) is 17.2 Å². The maximum atomic E-state index is 8.25. The molecule has 6 nitrogen and oxygen atoms in total. The molecule has 0 amide bonds. The van der Waals surface area contributed by atoms with Crippen molar-refractivity contribution in [1.29, 1.82) is 0 Å². The number of anilines is 3. The van der Waals surface area contributed by atoms with E-state index in [-0.39, 0.29) is 12.1 Å². The van der Waals surface area contributed by atoms with Gasteiger partial charge in [0.05, 0.1) is 40.1 Å². The maximum Gasteiger partial charge on any atom is 0.139 e. The number of aromatic nitrogens is 3. The summed E-state index contributed by atoms with van der Waals surface area (Å²) in [5.41, 5.74) is 8.62. The summed E-state index contributed by atoms with van der Waals surface area (Å²) in [6, 6.07) is 49.7. The molecule has 0 aliphatic carbocycles. The van der Waals surface area contributed by atoms with Gasteiger partial charge >= 0.3 is 0 Å². The van der Waals surface area contributed by atoms with Crippen molar-refractivity contribution in [2.24, 2.45) is 0 Å². The molecule has 0 atom stereocenters. The van der Waals surface area contributed by atoms with Gasteiger partial charge in [0.2, 0.25) is 0 Å². The van der Waals surface area contributed by atoms with Crippen LogP contribution in [-0.2, 0) is 5.41 Å². The molecule has 0 fully saturated rings. The van der Waals surface area contributed by atoms with Crippen molar-refractivity contribution in [2.75, 3.05) is 23.4 Å². The first-order valence-electron chi connectivity index (χ1n) is 19.5. The molecule has 4 heterocycles. The highest BCUT2D eigenvalue weighted by Crippen LogP contribution is 2.43. The van der Waals surface area contributed by atoms with E-state index in [1.54, 1.807) is 0 Å². The fourth-order valence-corrected chi connectivity index (χ4v) is 7.89. The lowest BCUT2D eigenvalue weighted by atomic mass is 9.86. The third-order valence-corrected chi connectivity index (χ3v) is 10.5. The smallest absolute Gasteiger partial charge is 0.139 e. The van der Waals surface area contributed by atoms with Crippen molar-refractivity contribution < 1.29 is 8.85 Å². The Kier molecular flexibility index (Phi) is 6.23. The van der Waals surface area contributed by atoms with E-state index >= 15 is 0 Å². The molecule has 0 saturated heterocycles. The minimum absolute atomic E-state index is 0.194. The molecule has 1 aliphatic heterocycles. The van der Waals surface area contributed by atoms with Crippen LogP contribution >= 0.6 is 0 Å². The Labute approximate surface area is 312 Å². The highest BCUT2D eigenvalue weighted by atomic mass is 16.5. The van der Waals surface area contributed by atoms with E-state index in [0.717, 1.165) is 72.1 Å². The summed E-state index contributed by atoms with van der Waals surface area (Å²) >= 11 is 0. The molecule has 6 heteroatoms. The molecular weight excluding hydrogens is 651 g/mol. The minimum Gasteiger partial charge on any atom is -0.457 e. The molecule has 0 N–H and O–H groups in total. The van der Waals surface area contributed by atoms with Crippen LogP contribution in [0.25, 0.3) is 55.1 Å². The van der Waals surface area contributed by atoms with Gasteiger partial charge in [-0.1, -0.05) is 87.5 Å². The average molecular weight is 693 g/mol. The van der Waals surface area contributed by atoms with Crippen molar-refractivity contribution in [3.63, 3.8) is 0 Å². The van der Waals surface area contributed by atoms with E-state index in [1.165, 1.54) is 4.90 Å². The number of ether oxygens (including phenoxy) is 1. The molecule has 53 heavy (non-hydrogen) atoms. The highest BCUT2D eigenvalue weighted by molar-refractivity contribution is 6.11. The van der Waals surface area contributed by atoms with Crippen LogP contribution in [0.5, 0.6) is 11.5 Å². The third-order valence-electron chi connectivity index (χ3n) is 10.5. The number of hydrogen-bond acceptors (Lipinski definition) is 4. The number of benzene rings is 6. The van der Waals surface area contributed by atoms with Crippen LogP contribution in [0.2, 0.25) is 0 Å². The molecule has 0 spiro atoms. The Morgan fingerprint density at radius 3 is 2.00 bits per heavy atom. The van der Waals surface area contributed by atoms with Crippen molar-refractivity contribution in [3.05, 3.63) is 157 Å². The second kappa shape index (κ2) is 11.8. The van der Waals surface area contributed by atoms with Gasteiger partial charge in [-0.2, -0.15) is 0 Å². The molecule has 0 unspecified atom stereocenters. The molecular formula is C47H39N5O. The molecule has 0 bridgehead atoms. The maximum absolute atomic E-state index is 8.25. The summed E-state index contributed by atoms with van der Waals surface area (Å²) < 4.78 is 36.1. The van der Waals surface area contributed by atoms with Gasteiger partial charge in [-0.05, 0) is 71.6 Å². The predicted molar refractivity (Wildman–Crippen MR) is 220 cm³/mol. The van der Waals surface area contributed by atoms with Crippen LogP contribution in [0.1, 0.15) is 30.4 Å². The first-order valence-corrected chi connectivity index (χ1v) is 18.0. The second-order valence-corrected chi connectivity index (χ2v) is 14.8. The Hall–Kier alpha value is -6.53.